The van der Waals surface area contributed by atoms with Crippen LogP contribution in [-0.4, -0.2) is 38.0 Å². The van der Waals surface area contributed by atoms with Crippen LogP contribution in [0.15, 0.2) is 54.2 Å². The summed E-state index contributed by atoms with van der Waals surface area (Å²) in [5.74, 6) is 0. The summed E-state index contributed by atoms with van der Waals surface area (Å²) in [5.41, 5.74) is 11.0. The van der Waals surface area contributed by atoms with Crippen molar-refractivity contribution < 1.29 is 26.4 Å². The Morgan fingerprint density at radius 1 is 0.583 bits per heavy atom. The van der Waals surface area contributed by atoms with Gasteiger partial charge in [-0.3, -0.25) is 4.98 Å². The summed E-state index contributed by atoms with van der Waals surface area (Å²) in [7, 11) is 0. The van der Waals surface area contributed by atoms with Crippen LogP contribution in [0.4, 0.5) is 0 Å². The van der Waals surface area contributed by atoms with Crippen LogP contribution in [0.2, 0.25) is 0 Å². The molecule has 0 saturated carbocycles. The summed E-state index contributed by atoms with van der Waals surface area (Å²) in [4.78, 5) is 6.97. The van der Waals surface area contributed by atoms with Crippen molar-refractivity contribution in [2.75, 3.05) is 33.0 Å². The second kappa shape index (κ2) is 34.7. The molecule has 2 heterocycles. The van der Waals surface area contributed by atoms with Gasteiger partial charge < -0.3 is 21.9 Å². The zero-order chi connectivity index (χ0) is 33.1. The first-order valence-electron chi connectivity index (χ1n) is 19.4. The Morgan fingerprint density at radius 2 is 1.06 bits per heavy atom. The van der Waals surface area contributed by atoms with Gasteiger partial charge in [0.25, 0.3) is 0 Å². The second-order valence-corrected chi connectivity index (χ2v) is 13.3. The minimum absolute atomic E-state index is 0. The molecule has 2 rings (SSSR count). The van der Waals surface area contributed by atoms with E-state index < -0.39 is 0 Å². The monoisotopic (exact) mass is 686 g/mol. The third kappa shape index (κ3) is 27.7. The number of halogens is 1. The van der Waals surface area contributed by atoms with Crippen molar-refractivity contribution in [2.24, 2.45) is 5.11 Å². The Labute approximate surface area is 300 Å². The fraction of sp³-hybridized carbons (Fsp3) is 0.750. The number of rotatable bonds is 34. The Balaban J connectivity index is 0.0000115. The van der Waals surface area contributed by atoms with Gasteiger partial charge in [-0.1, -0.05) is 107 Å². The molecule has 0 saturated heterocycles. The maximum Gasteiger partial charge on any atom is 0.171 e. The third-order valence-corrected chi connectivity index (χ3v) is 8.97. The lowest BCUT2D eigenvalue weighted by atomic mass is 10.1. The summed E-state index contributed by atoms with van der Waals surface area (Å²) in [6.07, 6.45) is 38.7. The lowest BCUT2D eigenvalue weighted by Crippen LogP contribution is -3.00. The van der Waals surface area contributed by atoms with Crippen molar-refractivity contribution in [3.63, 3.8) is 0 Å². The van der Waals surface area contributed by atoms with Gasteiger partial charge in [0.05, 0.1) is 0 Å². The van der Waals surface area contributed by atoms with E-state index >= 15 is 0 Å². The Kier molecular flexibility index (Phi) is 31.7. The molecule has 48 heavy (non-hydrogen) atoms. The van der Waals surface area contributed by atoms with E-state index in [0.717, 1.165) is 65.1 Å². The molecule has 0 fully saturated rings. The smallest absolute Gasteiger partial charge is 0.171 e. The Morgan fingerprint density at radius 3 is 1.60 bits per heavy atom. The topological polar surface area (TPSA) is 84.0 Å². The largest absolute Gasteiger partial charge is 1.00 e. The lowest BCUT2D eigenvalue weighted by Gasteiger charge is -2.05. The minimum Gasteiger partial charge on any atom is -1.00 e. The molecule has 0 amide bonds. The van der Waals surface area contributed by atoms with Gasteiger partial charge in [0.15, 0.2) is 12.4 Å². The predicted octanol–water partition coefficient (Wildman–Crippen LogP) is 8.08. The third-order valence-electron chi connectivity index (χ3n) is 8.97. The predicted molar refractivity (Wildman–Crippen MR) is 196 cm³/mol. The molecule has 0 bridgehead atoms. The van der Waals surface area contributed by atoms with Gasteiger partial charge in [-0.15, -0.1) is 0 Å². The van der Waals surface area contributed by atoms with E-state index in [9.17, 15) is 0 Å². The number of azide groups is 1. The van der Waals surface area contributed by atoms with Crippen molar-refractivity contribution in [1.29, 1.82) is 0 Å². The highest BCUT2D eigenvalue weighted by Crippen LogP contribution is 2.12. The molecule has 0 aromatic carbocycles. The molecule has 0 spiro atoms. The first kappa shape index (κ1) is 43.8. The molecule has 0 aliphatic carbocycles. The lowest BCUT2D eigenvalue weighted by molar-refractivity contribution is -0.697. The Bertz CT molecular complexity index is 1010. The van der Waals surface area contributed by atoms with E-state index in [2.05, 4.69) is 50.2 Å². The average molecular weight is 686 g/mol. The van der Waals surface area contributed by atoms with Gasteiger partial charge in [0.2, 0.25) is 0 Å². The molecule has 2 aromatic heterocycles. The van der Waals surface area contributed by atoms with Crippen LogP contribution in [-0.2, 0) is 28.9 Å². The summed E-state index contributed by atoms with van der Waals surface area (Å²) < 4.78 is 14.1. The van der Waals surface area contributed by atoms with Gasteiger partial charge in [0.1, 0.15) is 6.54 Å². The van der Waals surface area contributed by atoms with Crippen molar-refractivity contribution >= 4 is 0 Å². The molecule has 8 heteroatoms. The normalized spacial score (nSPS) is 10.9. The maximum absolute atomic E-state index is 8.27. The summed E-state index contributed by atoms with van der Waals surface area (Å²) in [5, 5.41) is 3.59. The van der Waals surface area contributed by atoms with E-state index in [1.165, 1.54) is 133 Å². The fourth-order valence-electron chi connectivity index (χ4n) is 6.13. The van der Waals surface area contributed by atoms with Crippen LogP contribution >= 0.6 is 0 Å². The number of ether oxygens (including phenoxy) is 2. The minimum atomic E-state index is 0. The number of unbranched alkanes of at least 4 members (excludes halogenated alkanes) is 18. The summed E-state index contributed by atoms with van der Waals surface area (Å²) >= 11 is 0. The van der Waals surface area contributed by atoms with Crippen molar-refractivity contribution in [2.45, 2.75) is 161 Å². The number of hydrogen-bond donors (Lipinski definition) is 0. The van der Waals surface area contributed by atoms with Gasteiger partial charge in [-0.05, 0) is 74.6 Å². The molecule has 2 aromatic rings. The van der Waals surface area contributed by atoms with Crippen LogP contribution in [0, 0.1) is 0 Å². The van der Waals surface area contributed by atoms with Gasteiger partial charge >= 0.3 is 0 Å². The molecule has 0 aliphatic heterocycles. The molecule has 0 radical (unpaired) electrons. The van der Waals surface area contributed by atoms with E-state index in [-0.39, 0.29) is 12.4 Å². The van der Waals surface area contributed by atoms with Crippen molar-refractivity contribution in [1.82, 2.24) is 4.98 Å². The van der Waals surface area contributed by atoms with Gasteiger partial charge in [-0.2, -0.15) is 0 Å². The molecular formula is C40H68ClN5O2. The van der Waals surface area contributed by atoms with E-state index in [4.69, 9.17) is 15.0 Å². The zero-order valence-corrected chi connectivity index (χ0v) is 31.0. The van der Waals surface area contributed by atoms with Crippen LogP contribution in [0.3, 0.4) is 0 Å². The molecule has 0 aliphatic rings. The van der Waals surface area contributed by atoms with Crippen LogP contribution < -0.4 is 17.0 Å². The number of aromatic nitrogens is 2. The van der Waals surface area contributed by atoms with Crippen LogP contribution in [0.1, 0.15) is 152 Å². The molecule has 7 nitrogen and oxygen atoms in total. The molecule has 272 valence electrons. The van der Waals surface area contributed by atoms with E-state index in [1.807, 2.05) is 18.5 Å². The van der Waals surface area contributed by atoms with Gasteiger partial charge in [0, 0.05) is 68.3 Å². The average Bonchev–Trinajstić information content (AvgIpc) is 3.10. The number of aryl methyl sites for hydroxylation is 3. The van der Waals surface area contributed by atoms with E-state index in [1.54, 1.807) is 0 Å². The molecule has 0 N–H and O–H groups in total. The molecule has 0 atom stereocenters. The highest BCUT2D eigenvalue weighted by atomic mass is 35.5. The second-order valence-electron chi connectivity index (χ2n) is 13.3. The Hall–Kier alpha value is -2.18. The SMILES string of the molecule is [Cl-].[N-]=[N+]=NCCCCCCCCCCCCOCCCc1ccc[n+](CCCCCCCCCCCCOCCCc2cccnc2)c1. The first-order valence-corrected chi connectivity index (χ1v) is 19.4. The standard InChI is InChI=1S/C40H68N5O2.ClH/c41-44-43-30-17-13-9-5-1-3-7-11-16-20-34-47-36-24-28-40-26-22-32-45(38-40)31-18-14-10-6-2-4-8-12-15-19-33-46-35-23-27-39-25-21-29-42-37-39;/h21-22,25-26,29,32,37-38H,1-20,23-24,27-28,30-31,33-36H2;1H/q+1;/p-1. The van der Waals surface area contributed by atoms with Crippen molar-refractivity contribution in [3.8, 4) is 0 Å². The zero-order valence-electron chi connectivity index (χ0n) is 30.3. The van der Waals surface area contributed by atoms with Crippen LogP contribution in [0.5, 0.6) is 0 Å². The fourth-order valence-corrected chi connectivity index (χ4v) is 6.13. The number of hydrogen-bond acceptors (Lipinski definition) is 4. The van der Waals surface area contributed by atoms with E-state index in [0.29, 0.717) is 6.54 Å². The summed E-state index contributed by atoms with van der Waals surface area (Å²) in [6, 6.07) is 8.61. The molecular weight excluding hydrogens is 618 g/mol. The molecule has 0 unspecified atom stereocenters. The van der Waals surface area contributed by atoms with Gasteiger partial charge in [-0.25, -0.2) is 4.57 Å². The number of nitrogens with zero attached hydrogens (tertiary/aromatic N) is 5. The van der Waals surface area contributed by atoms with Crippen molar-refractivity contribution in [3.05, 3.63) is 70.6 Å². The highest BCUT2D eigenvalue weighted by molar-refractivity contribution is 5.08. The maximum atomic E-state index is 8.27. The quantitative estimate of drug-likeness (QED) is 0.0245. The van der Waals surface area contributed by atoms with Crippen LogP contribution in [0.25, 0.3) is 10.4 Å². The summed E-state index contributed by atoms with van der Waals surface area (Å²) in [6.45, 7) is 5.34. The number of pyridine rings is 2. The first-order chi connectivity index (χ1) is 23.4. The highest BCUT2D eigenvalue weighted by Gasteiger charge is 2.04.